The van der Waals surface area contributed by atoms with E-state index in [-0.39, 0.29) is 101 Å². The summed E-state index contributed by atoms with van der Waals surface area (Å²) in [7, 11) is 0. The summed E-state index contributed by atoms with van der Waals surface area (Å²) in [4.78, 5) is 0. The summed E-state index contributed by atoms with van der Waals surface area (Å²) >= 11 is 0. The van der Waals surface area contributed by atoms with Crippen molar-refractivity contribution in [3.05, 3.63) is 12.2 Å². The summed E-state index contributed by atoms with van der Waals surface area (Å²) < 4.78 is 0. The minimum atomic E-state index is 0. The molecule has 0 atom stereocenters. The Kier molecular flexibility index (Phi) is 34.3. The monoisotopic (exact) mass is 542 g/mol. The molecular weight excluding hydrogens is 534 g/mol. The largest absolute Gasteiger partial charge is 0.392 e. The molecule has 0 heterocycles. The molecule has 0 aliphatic heterocycles. The molecule has 0 aromatic carbocycles. The van der Waals surface area contributed by atoms with Gasteiger partial charge in [0.15, 0.2) is 0 Å². The molecule has 2 radical (unpaired) electrons. The van der Waals surface area contributed by atoms with Crippen LogP contribution in [-0.4, -0.2) is 23.4 Å². The normalized spacial score (nSPS) is 7.75. The molecular formula is C4H8Ac2O2. The minimum Gasteiger partial charge on any atom is -0.392 e. The zero-order chi connectivity index (χ0) is 4.83. The van der Waals surface area contributed by atoms with E-state index in [9.17, 15) is 0 Å². The standard InChI is InChI=1S/C4H8O2.2Ac/c5-3-1-2-4-6;;/h1-2,5-6H,3-4H2;;/b2-1-;;. The molecule has 4 heteroatoms. The Hall–Kier alpha value is 2.54. The molecule has 0 aromatic rings. The first-order valence-electron chi connectivity index (χ1n) is 1.78. The summed E-state index contributed by atoms with van der Waals surface area (Å²) in [6.07, 6.45) is 2.97. The molecule has 0 fully saturated rings. The topological polar surface area (TPSA) is 40.5 Å². The maximum atomic E-state index is 8.00. The van der Waals surface area contributed by atoms with Gasteiger partial charge in [-0.25, -0.2) is 0 Å². The molecule has 0 aromatic heterocycles. The van der Waals surface area contributed by atoms with E-state index in [0.29, 0.717) is 0 Å². The van der Waals surface area contributed by atoms with Crippen LogP contribution in [0.4, 0.5) is 0 Å². The Morgan fingerprint density at radius 3 is 1.25 bits per heavy atom. The maximum absolute atomic E-state index is 8.00. The second-order valence-corrected chi connectivity index (χ2v) is 0.837. The molecule has 0 aliphatic carbocycles. The van der Waals surface area contributed by atoms with Crippen molar-refractivity contribution in [2.45, 2.75) is 0 Å². The second-order valence-electron chi connectivity index (χ2n) is 0.837. The molecule has 0 saturated carbocycles. The molecule has 0 rings (SSSR count). The van der Waals surface area contributed by atoms with Gasteiger partial charge in [0, 0.05) is 88.1 Å². The summed E-state index contributed by atoms with van der Waals surface area (Å²) in [5.41, 5.74) is 0. The molecule has 8 heavy (non-hydrogen) atoms. The van der Waals surface area contributed by atoms with Gasteiger partial charge in [-0.05, 0) is 0 Å². The Balaban J connectivity index is -0.000000125. The van der Waals surface area contributed by atoms with E-state index in [2.05, 4.69) is 0 Å². The van der Waals surface area contributed by atoms with Crippen molar-refractivity contribution < 1.29 is 98.3 Å². The molecule has 0 bridgehead atoms. The van der Waals surface area contributed by atoms with Crippen LogP contribution in [0.25, 0.3) is 0 Å². The van der Waals surface area contributed by atoms with Gasteiger partial charge in [0.1, 0.15) is 0 Å². The summed E-state index contributed by atoms with van der Waals surface area (Å²) in [6.45, 7) is 0.0289. The number of rotatable bonds is 2. The summed E-state index contributed by atoms with van der Waals surface area (Å²) in [5.74, 6) is 0. The Morgan fingerprint density at radius 2 is 1.12 bits per heavy atom. The van der Waals surface area contributed by atoms with E-state index in [0.717, 1.165) is 0 Å². The Bertz CT molecular complexity index is 41.3. The zero-order valence-electron chi connectivity index (χ0n) is 4.62. The van der Waals surface area contributed by atoms with Crippen LogP contribution in [0.2, 0.25) is 0 Å². The van der Waals surface area contributed by atoms with Gasteiger partial charge in [0.2, 0.25) is 0 Å². The smallest absolute Gasteiger partial charge is 0.0613 e. The fourth-order valence-corrected chi connectivity index (χ4v) is 0.149. The van der Waals surface area contributed by atoms with Crippen molar-refractivity contribution >= 4 is 0 Å². The number of hydrogen-bond acceptors (Lipinski definition) is 2. The first-order valence-corrected chi connectivity index (χ1v) is 1.78. The van der Waals surface area contributed by atoms with Gasteiger partial charge in [-0.1, -0.05) is 12.2 Å². The molecule has 0 amide bonds. The van der Waals surface area contributed by atoms with Crippen molar-refractivity contribution in [3.8, 4) is 0 Å². The molecule has 0 spiro atoms. The van der Waals surface area contributed by atoms with E-state index in [1.54, 1.807) is 0 Å². The van der Waals surface area contributed by atoms with E-state index in [1.165, 1.54) is 12.2 Å². The molecule has 42 valence electrons. The number of aliphatic hydroxyl groups is 2. The van der Waals surface area contributed by atoms with Crippen molar-refractivity contribution in [3.63, 3.8) is 0 Å². The average molecular weight is 542 g/mol. The second kappa shape index (κ2) is 16.3. The van der Waals surface area contributed by atoms with Crippen LogP contribution < -0.4 is 0 Å². The summed E-state index contributed by atoms with van der Waals surface area (Å²) in [5, 5.41) is 16.0. The van der Waals surface area contributed by atoms with Crippen LogP contribution in [0.5, 0.6) is 0 Å². The van der Waals surface area contributed by atoms with E-state index >= 15 is 0 Å². The third-order valence-corrected chi connectivity index (χ3v) is 0.377. The third-order valence-electron chi connectivity index (χ3n) is 0.377. The van der Waals surface area contributed by atoms with Crippen LogP contribution >= 0.6 is 0 Å². The van der Waals surface area contributed by atoms with Crippen molar-refractivity contribution in [1.82, 2.24) is 0 Å². The Morgan fingerprint density at radius 1 is 0.875 bits per heavy atom. The SMILES string of the molecule is OC/C=C\CO.[Ac].[Ac]. The third kappa shape index (κ3) is 15.8. The quantitative estimate of drug-likeness (QED) is 0.464. The van der Waals surface area contributed by atoms with Crippen LogP contribution in [0.15, 0.2) is 12.2 Å². The molecule has 2 N–H and O–H groups in total. The van der Waals surface area contributed by atoms with Crippen molar-refractivity contribution in [2.75, 3.05) is 13.2 Å². The van der Waals surface area contributed by atoms with Gasteiger partial charge in [0.25, 0.3) is 0 Å². The predicted octanol–water partition coefficient (Wildman–Crippen LogP) is -0.473. The Labute approximate surface area is 121 Å². The van der Waals surface area contributed by atoms with Gasteiger partial charge >= 0.3 is 0 Å². The van der Waals surface area contributed by atoms with Gasteiger partial charge < -0.3 is 10.2 Å². The van der Waals surface area contributed by atoms with Crippen molar-refractivity contribution in [2.24, 2.45) is 0 Å². The molecule has 0 unspecified atom stereocenters. The fraction of sp³-hybridized carbons (Fsp3) is 0.500. The van der Waals surface area contributed by atoms with E-state index in [1.807, 2.05) is 0 Å². The van der Waals surface area contributed by atoms with E-state index in [4.69, 9.17) is 10.2 Å². The average Bonchev–Trinajstić information content (AvgIpc) is 1.61. The minimum absolute atomic E-state index is 0. The van der Waals surface area contributed by atoms with Crippen LogP contribution in [0, 0.1) is 88.1 Å². The van der Waals surface area contributed by atoms with Crippen molar-refractivity contribution in [1.29, 1.82) is 0 Å². The number of aliphatic hydroxyl groups excluding tert-OH is 2. The van der Waals surface area contributed by atoms with E-state index < -0.39 is 0 Å². The fourth-order valence-electron chi connectivity index (χ4n) is 0.149. The van der Waals surface area contributed by atoms with Gasteiger partial charge in [-0.3, -0.25) is 0 Å². The predicted molar refractivity (Wildman–Crippen MR) is 23.3 cm³/mol. The van der Waals surface area contributed by atoms with Crippen LogP contribution in [0.3, 0.4) is 0 Å². The molecule has 2 nitrogen and oxygen atoms in total. The van der Waals surface area contributed by atoms with Gasteiger partial charge in [-0.15, -0.1) is 0 Å². The summed E-state index contributed by atoms with van der Waals surface area (Å²) in [6, 6.07) is 0. The van der Waals surface area contributed by atoms with Crippen LogP contribution in [-0.2, 0) is 0 Å². The first kappa shape index (κ1) is 16.9. The zero-order valence-corrected chi connectivity index (χ0v) is 14.1. The maximum Gasteiger partial charge on any atom is 0.0613 e. The van der Waals surface area contributed by atoms with Crippen LogP contribution in [0.1, 0.15) is 0 Å². The molecule has 0 aliphatic rings. The number of hydrogen-bond donors (Lipinski definition) is 2. The first-order chi connectivity index (χ1) is 2.91. The van der Waals surface area contributed by atoms with Gasteiger partial charge in [0.05, 0.1) is 13.2 Å². The molecule has 0 saturated heterocycles. The van der Waals surface area contributed by atoms with Gasteiger partial charge in [-0.2, -0.15) is 0 Å².